The molecular formula is C36H24N4. The Morgan fingerprint density at radius 3 is 1.57 bits per heavy atom. The molecule has 0 amide bonds. The number of hydrogen-bond acceptors (Lipinski definition) is 4. The van der Waals surface area contributed by atoms with E-state index in [-0.39, 0.29) is 0 Å². The highest BCUT2D eigenvalue weighted by Crippen LogP contribution is 2.35. The summed E-state index contributed by atoms with van der Waals surface area (Å²) in [7, 11) is 0. The minimum absolute atomic E-state index is 0.643. The molecule has 0 fully saturated rings. The Balaban J connectivity index is 1.38. The second kappa shape index (κ2) is 10.4. The number of aromatic nitrogens is 4. The maximum atomic E-state index is 4.92. The Bertz CT molecular complexity index is 1880. The zero-order valence-corrected chi connectivity index (χ0v) is 21.6. The van der Waals surface area contributed by atoms with Crippen LogP contribution in [0.3, 0.4) is 0 Å². The maximum Gasteiger partial charge on any atom is 0.164 e. The van der Waals surface area contributed by atoms with Crippen LogP contribution in [0.1, 0.15) is 0 Å². The fraction of sp³-hybridized carbons (Fsp3) is 0. The van der Waals surface area contributed by atoms with Gasteiger partial charge in [0.15, 0.2) is 17.5 Å². The van der Waals surface area contributed by atoms with E-state index in [1.54, 1.807) is 0 Å². The Kier molecular flexibility index (Phi) is 6.11. The van der Waals surface area contributed by atoms with Gasteiger partial charge < -0.3 is 0 Å². The molecule has 0 atom stereocenters. The average molecular weight is 513 g/mol. The third-order valence-electron chi connectivity index (χ3n) is 7.01. The number of fused-ring (bicyclic) bond motifs is 1. The summed E-state index contributed by atoms with van der Waals surface area (Å²) in [6, 6.07) is 45.7. The number of nitrogens with zero attached hydrogens (tertiary/aromatic N) is 4. The van der Waals surface area contributed by atoms with Gasteiger partial charge in [-0.3, -0.25) is 4.98 Å². The Morgan fingerprint density at radius 1 is 0.350 bits per heavy atom. The second-order valence-electron chi connectivity index (χ2n) is 9.60. The molecule has 0 radical (unpaired) electrons. The van der Waals surface area contributed by atoms with Crippen LogP contribution in [0.15, 0.2) is 146 Å². The van der Waals surface area contributed by atoms with Crippen molar-refractivity contribution in [3.8, 4) is 56.4 Å². The Labute approximate surface area is 232 Å². The van der Waals surface area contributed by atoms with Crippen molar-refractivity contribution in [2.24, 2.45) is 0 Å². The summed E-state index contributed by atoms with van der Waals surface area (Å²) >= 11 is 0. The second-order valence-corrected chi connectivity index (χ2v) is 9.60. The van der Waals surface area contributed by atoms with Crippen molar-refractivity contribution in [3.63, 3.8) is 0 Å². The van der Waals surface area contributed by atoms with Crippen molar-refractivity contribution < 1.29 is 0 Å². The highest BCUT2D eigenvalue weighted by atomic mass is 15.0. The predicted molar refractivity (Wildman–Crippen MR) is 162 cm³/mol. The van der Waals surface area contributed by atoms with Crippen LogP contribution in [0, 0.1) is 0 Å². The highest BCUT2D eigenvalue weighted by molar-refractivity contribution is 6.00. The molecule has 40 heavy (non-hydrogen) atoms. The van der Waals surface area contributed by atoms with Crippen LogP contribution in [0.2, 0.25) is 0 Å². The first-order valence-electron chi connectivity index (χ1n) is 13.2. The molecule has 7 aromatic rings. The zero-order chi connectivity index (χ0) is 26.7. The van der Waals surface area contributed by atoms with Gasteiger partial charge in [0.25, 0.3) is 0 Å². The Hall–Kier alpha value is -5.48. The maximum absolute atomic E-state index is 4.92. The van der Waals surface area contributed by atoms with Gasteiger partial charge in [-0.1, -0.05) is 103 Å². The van der Waals surface area contributed by atoms with Gasteiger partial charge in [0.2, 0.25) is 0 Å². The van der Waals surface area contributed by atoms with Gasteiger partial charge in [0.05, 0.1) is 0 Å². The van der Waals surface area contributed by atoms with Gasteiger partial charge >= 0.3 is 0 Å². The van der Waals surface area contributed by atoms with Gasteiger partial charge in [0.1, 0.15) is 0 Å². The molecule has 0 bridgehead atoms. The Morgan fingerprint density at radius 2 is 0.900 bits per heavy atom. The minimum Gasteiger partial charge on any atom is -0.265 e. The van der Waals surface area contributed by atoms with Crippen LogP contribution >= 0.6 is 0 Å². The van der Waals surface area contributed by atoms with Gasteiger partial charge in [-0.2, -0.15) is 0 Å². The van der Waals surface area contributed by atoms with E-state index in [1.165, 1.54) is 16.3 Å². The molecule has 7 rings (SSSR count). The molecule has 0 saturated carbocycles. The lowest BCUT2D eigenvalue weighted by molar-refractivity contribution is 1.07. The summed E-state index contributed by atoms with van der Waals surface area (Å²) < 4.78 is 0. The summed E-state index contributed by atoms with van der Waals surface area (Å²) in [5, 5.41) is 2.40. The SMILES string of the molecule is c1ccc(-c2nc(-c3ccccc3)nc(-c3cccc(-c4cc(-c5ccncc5)c5ccccc5c4)c3)n2)cc1. The smallest absolute Gasteiger partial charge is 0.164 e. The predicted octanol–water partition coefficient (Wildman–Crippen LogP) is 8.75. The van der Waals surface area contributed by atoms with Crippen LogP contribution in [0.25, 0.3) is 67.2 Å². The molecule has 2 heterocycles. The number of pyridine rings is 1. The van der Waals surface area contributed by atoms with E-state index < -0.39 is 0 Å². The topological polar surface area (TPSA) is 51.6 Å². The van der Waals surface area contributed by atoms with Crippen LogP contribution in [-0.4, -0.2) is 19.9 Å². The molecule has 5 aromatic carbocycles. The molecule has 0 unspecified atom stereocenters. The van der Waals surface area contributed by atoms with Crippen LogP contribution < -0.4 is 0 Å². The lowest BCUT2D eigenvalue weighted by Gasteiger charge is -2.12. The molecule has 4 heteroatoms. The van der Waals surface area contributed by atoms with Crippen LogP contribution in [-0.2, 0) is 0 Å². The van der Waals surface area contributed by atoms with Gasteiger partial charge in [0, 0.05) is 29.1 Å². The van der Waals surface area contributed by atoms with E-state index >= 15 is 0 Å². The fourth-order valence-corrected chi connectivity index (χ4v) is 5.02. The minimum atomic E-state index is 0.643. The van der Waals surface area contributed by atoms with Gasteiger partial charge in [-0.05, 0) is 63.4 Å². The summed E-state index contributed by atoms with van der Waals surface area (Å²) in [6.45, 7) is 0. The van der Waals surface area contributed by atoms with Crippen molar-refractivity contribution in [2.45, 2.75) is 0 Å². The fourth-order valence-electron chi connectivity index (χ4n) is 5.02. The van der Waals surface area contributed by atoms with Gasteiger partial charge in [-0.25, -0.2) is 15.0 Å². The van der Waals surface area contributed by atoms with Crippen molar-refractivity contribution in [2.75, 3.05) is 0 Å². The van der Waals surface area contributed by atoms with E-state index in [4.69, 9.17) is 15.0 Å². The molecule has 2 aromatic heterocycles. The van der Waals surface area contributed by atoms with Crippen molar-refractivity contribution in [1.29, 1.82) is 0 Å². The number of rotatable bonds is 5. The molecule has 0 N–H and O–H groups in total. The van der Waals surface area contributed by atoms with Crippen LogP contribution in [0.4, 0.5) is 0 Å². The summed E-state index contributed by atoms with van der Waals surface area (Å²) in [6.07, 6.45) is 3.68. The first-order valence-corrected chi connectivity index (χ1v) is 13.2. The summed E-state index contributed by atoms with van der Waals surface area (Å²) in [5.74, 6) is 1.95. The molecule has 188 valence electrons. The normalized spacial score (nSPS) is 11.0. The first-order chi connectivity index (χ1) is 19.8. The monoisotopic (exact) mass is 512 g/mol. The third kappa shape index (κ3) is 4.63. The van der Waals surface area contributed by atoms with E-state index in [0.29, 0.717) is 17.5 Å². The molecular weight excluding hydrogens is 488 g/mol. The van der Waals surface area contributed by atoms with E-state index in [2.05, 4.69) is 77.8 Å². The highest BCUT2D eigenvalue weighted by Gasteiger charge is 2.14. The first kappa shape index (κ1) is 23.6. The molecule has 4 nitrogen and oxygen atoms in total. The summed E-state index contributed by atoms with van der Waals surface area (Å²) in [4.78, 5) is 18.9. The number of benzene rings is 5. The van der Waals surface area contributed by atoms with E-state index in [1.807, 2.05) is 73.1 Å². The molecule has 0 aliphatic carbocycles. The largest absolute Gasteiger partial charge is 0.265 e. The van der Waals surface area contributed by atoms with Crippen LogP contribution in [0.5, 0.6) is 0 Å². The molecule has 0 aliphatic heterocycles. The number of hydrogen-bond donors (Lipinski definition) is 0. The standard InChI is InChI=1S/C36H24N4/c1-3-10-26(11-4-1)34-38-35(27-12-5-2-6-13-27)40-36(39-34)30-16-9-15-28(22-30)31-23-29-14-7-8-17-32(29)33(24-31)25-18-20-37-21-19-25/h1-24H. The lowest BCUT2D eigenvalue weighted by atomic mass is 9.93. The molecule has 0 saturated heterocycles. The van der Waals surface area contributed by atoms with Gasteiger partial charge in [-0.15, -0.1) is 0 Å². The third-order valence-corrected chi connectivity index (χ3v) is 7.01. The van der Waals surface area contributed by atoms with Crippen molar-refractivity contribution >= 4 is 10.8 Å². The average Bonchev–Trinajstić information content (AvgIpc) is 3.05. The lowest BCUT2D eigenvalue weighted by Crippen LogP contribution is -2.00. The molecule has 0 spiro atoms. The summed E-state index contributed by atoms with van der Waals surface area (Å²) in [5.41, 5.74) is 7.40. The van der Waals surface area contributed by atoms with E-state index in [9.17, 15) is 0 Å². The zero-order valence-electron chi connectivity index (χ0n) is 21.6. The van der Waals surface area contributed by atoms with E-state index in [0.717, 1.165) is 33.4 Å². The molecule has 0 aliphatic rings. The van der Waals surface area contributed by atoms with Crippen molar-refractivity contribution in [1.82, 2.24) is 19.9 Å². The quantitative estimate of drug-likeness (QED) is 0.231. The van der Waals surface area contributed by atoms with Crippen molar-refractivity contribution in [3.05, 3.63) is 146 Å².